The number of thiazole rings is 1. The summed E-state index contributed by atoms with van der Waals surface area (Å²) in [6.45, 7) is 0. The third kappa shape index (κ3) is 4.50. The summed E-state index contributed by atoms with van der Waals surface area (Å²) in [6.07, 6.45) is 1.42. The van der Waals surface area contributed by atoms with Crippen LogP contribution < -0.4 is 16.0 Å². The summed E-state index contributed by atoms with van der Waals surface area (Å²) in [6, 6.07) is 13.6. The molecule has 0 bridgehead atoms. The van der Waals surface area contributed by atoms with Gasteiger partial charge in [0.25, 0.3) is 11.8 Å². The number of carbonyl (C=O) groups excluding carboxylic acids is 2. The van der Waals surface area contributed by atoms with Gasteiger partial charge in [-0.1, -0.05) is 11.3 Å². The second-order valence-electron chi connectivity index (χ2n) is 6.05. The van der Waals surface area contributed by atoms with Gasteiger partial charge in [-0.3, -0.25) is 20.2 Å². The van der Waals surface area contributed by atoms with Crippen LogP contribution in [0.25, 0.3) is 10.2 Å². The largest absolute Gasteiger partial charge is 0.459 e. The van der Waals surface area contributed by atoms with Gasteiger partial charge in [0.15, 0.2) is 16.0 Å². The minimum absolute atomic E-state index is 0.0968. The van der Waals surface area contributed by atoms with Crippen LogP contribution >= 0.6 is 23.6 Å². The van der Waals surface area contributed by atoms with Crippen LogP contribution in [0.15, 0.2) is 65.3 Å². The highest BCUT2D eigenvalue weighted by Gasteiger charge is 2.13. The molecular formula is C20H13FN4O3S2. The highest BCUT2D eigenvalue weighted by Crippen LogP contribution is 2.28. The van der Waals surface area contributed by atoms with E-state index in [1.807, 2.05) is 0 Å². The Morgan fingerprint density at radius 2 is 1.83 bits per heavy atom. The summed E-state index contributed by atoms with van der Waals surface area (Å²) >= 11 is 6.46. The monoisotopic (exact) mass is 440 g/mol. The van der Waals surface area contributed by atoms with Crippen molar-refractivity contribution in [1.29, 1.82) is 0 Å². The molecule has 0 aliphatic rings. The van der Waals surface area contributed by atoms with Gasteiger partial charge in [0.05, 0.1) is 16.5 Å². The quantitative estimate of drug-likeness (QED) is 0.407. The molecule has 3 N–H and O–H groups in total. The summed E-state index contributed by atoms with van der Waals surface area (Å²) in [7, 11) is 0. The summed E-state index contributed by atoms with van der Waals surface area (Å²) in [5.41, 5.74) is 1.62. The van der Waals surface area contributed by atoms with Crippen LogP contribution in [0.4, 0.5) is 15.2 Å². The van der Waals surface area contributed by atoms with Gasteiger partial charge in [-0.15, -0.1) is 0 Å². The average molecular weight is 440 g/mol. The molecule has 0 unspecified atom stereocenters. The number of benzene rings is 2. The maximum Gasteiger partial charge on any atom is 0.293 e. The van der Waals surface area contributed by atoms with Gasteiger partial charge < -0.3 is 9.73 Å². The molecule has 4 rings (SSSR count). The van der Waals surface area contributed by atoms with E-state index in [0.29, 0.717) is 16.3 Å². The minimum atomic E-state index is -0.450. The van der Waals surface area contributed by atoms with Crippen molar-refractivity contribution in [3.8, 4) is 0 Å². The summed E-state index contributed by atoms with van der Waals surface area (Å²) in [4.78, 5) is 28.6. The van der Waals surface area contributed by atoms with Gasteiger partial charge in [-0.25, -0.2) is 9.37 Å². The van der Waals surface area contributed by atoms with Gasteiger partial charge in [-0.2, -0.15) is 0 Å². The molecule has 7 nitrogen and oxygen atoms in total. The Kier molecular flexibility index (Phi) is 5.50. The Balaban J connectivity index is 1.41. The Morgan fingerprint density at radius 1 is 1.03 bits per heavy atom. The fraction of sp³-hybridized carbons (Fsp3) is 0. The molecule has 2 aromatic carbocycles. The molecule has 0 aliphatic carbocycles. The molecule has 150 valence electrons. The predicted octanol–water partition coefficient (Wildman–Crippen LogP) is 4.41. The maximum atomic E-state index is 13.0. The highest BCUT2D eigenvalue weighted by molar-refractivity contribution is 7.80. The van der Waals surface area contributed by atoms with Crippen LogP contribution in [0, 0.1) is 5.82 Å². The third-order valence-corrected chi connectivity index (χ3v) is 5.08. The smallest absolute Gasteiger partial charge is 0.293 e. The van der Waals surface area contributed by atoms with E-state index in [4.69, 9.17) is 16.6 Å². The van der Waals surface area contributed by atoms with Crippen LogP contribution in [0.5, 0.6) is 0 Å². The number of thiocarbonyl (C=S) groups is 1. The first-order valence-corrected chi connectivity index (χ1v) is 9.84. The highest BCUT2D eigenvalue weighted by atomic mass is 32.1. The third-order valence-electron chi connectivity index (χ3n) is 3.95. The van der Waals surface area contributed by atoms with Gasteiger partial charge in [0.1, 0.15) is 5.82 Å². The zero-order valence-corrected chi connectivity index (χ0v) is 16.8. The molecule has 0 fully saturated rings. The lowest BCUT2D eigenvalue weighted by Crippen LogP contribution is -2.34. The Hall–Kier alpha value is -3.63. The molecule has 0 radical (unpaired) electrons. The number of nitrogens with one attached hydrogen (secondary N) is 3. The Bertz CT molecular complexity index is 1240. The second-order valence-corrected chi connectivity index (χ2v) is 7.49. The van der Waals surface area contributed by atoms with Gasteiger partial charge >= 0.3 is 0 Å². The first kappa shape index (κ1) is 19.7. The molecule has 0 saturated heterocycles. The normalized spacial score (nSPS) is 10.6. The standard InChI is InChI=1S/C20H13FN4O3S2/c21-12-5-3-11(4-6-12)17(26)24-19(29)22-13-7-8-14-16(10-13)30-20(23-14)25-18(27)15-2-1-9-28-15/h1-10H,(H,23,25,27)(H2,22,24,26,29). The van der Waals surface area contributed by atoms with Gasteiger partial charge in [-0.05, 0) is 66.8 Å². The zero-order chi connectivity index (χ0) is 21.1. The van der Waals surface area contributed by atoms with E-state index in [-0.39, 0.29) is 22.3 Å². The molecular weight excluding hydrogens is 427 g/mol. The number of rotatable bonds is 4. The number of nitrogens with zero attached hydrogens (tertiary/aromatic N) is 1. The van der Waals surface area contributed by atoms with E-state index in [0.717, 1.165) is 4.70 Å². The van der Waals surface area contributed by atoms with Crippen LogP contribution in [0.1, 0.15) is 20.9 Å². The molecule has 2 aromatic heterocycles. The van der Waals surface area contributed by atoms with Crippen molar-refractivity contribution in [3.05, 3.63) is 78.0 Å². The van der Waals surface area contributed by atoms with Crippen LogP contribution in [0.3, 0.4) is 0 Å². The molecule has 0 atom stereocenters. The Morgan fingerprint density at radius 3 is 2.57 bits per heavy atom. The molecule has 4 aromatic rings. The van der Waals surface area contributed by atoms with Crippen molar-refractivity contribution >= 4 is 61.5 Å². The molecule has 2 amide bonds. The number of fused-ring (bicyclic) bond motifs is 1. The first-order chi connectivity index (χ1) is 14.5. The van der Waals surface area contributed by atoms with E-state index >= 15 is 0 Å². The molecule has 30 heavy (non-hydrogen) atoms. The Labute approximate surface area is 178 Å². The van der Waals surface area contributed by atoms with Crippen LogP contribution in [-0.4, -0.2) is 21.9 Å². The fourth-order valence-electron chi connectivity index (χ4n) is 2.56. The number of furan rings is 1. The van der Waals surface area contributed by atoms with E-state index in [1.54, 1.807) is 30.3 Å². The van der Waals surface area contributed by atoms with Crippen molar-refractivity contribution in [1.82, 2.24) is 10.3 Å². The van der Waals surface area contributed by atoms with Crippen molar-refractivity contribution in [2.45, 2.75) is 0 Å². The lowest BCUT2D eigenvalue weighted by molar-refractivity contribution is 0.0975. The fourth-order valence-corrected chi connectivity index (χ4v) is 3.67. The van der Waals surface area contributed by atoms with Gasteiger partial charge in [0, 0.05) is 11.3 Å². The number of amides is 2. The molecule has 2 heterocycles. The van der Waals surface area contributed by atoms with Crippen molar-refractivity contribution in [2.75, 3.05) is 10.6 Å². The van der Waals surface area contributed by atoms with E-state index in [2.05, 4.69) is 20.9 Å². The number of halogens is 1. The number of hydrogen-bond donors (Lipinski definition) is 3. The van der Waals surface area contributed by atoms with E-state index < -0.39 is 11.7 Å². The SMILES string of the molecule is O=C(NC(=S)Nc1ccc2nc(NC(=O)c3ccco3)sc2c1)c1ccc(F)cc1. The van der Waals surface area contributed by atoms with Crippen molar-refractivity contribution in [2.24, 2.45) is 0 Å². The lowest BCUT2D eigenvalue weighted by atomic mass is 10.2. The van der Waals surface area contributed by atoms with E-state index in [1.165, 1.54) is 41.9 Å². The number of hydrogen-bond acceptors (Lipinski definition) is 6. The van der Waals surface area contributed by atoms with Gasteiger partial charge in [0.2, 0.25) is 0 Å². The summed E-state index contributed by atoms with van der Waals surface area (Å²) < 4.78 is 18.8. The van der Waals surface area contributed by atoms with Crippen molar-refractivity contribution in [3.63, 3.8) is 0 Å². The topological polar surface area (TPSA) is 96.3 Å². The van der Waals surface area contributed by atoms with E-state index in [9.17, 15) is 14.0 Å². The summed E-state index contributed by atoms with van der Waals surface area (Å²) in [5, 5.41) is 8.67. The maximum absolute atomic E-state index is 13.0. The lowest BCUT2D eigenvalue weighted by Gasteiger charge is -2.09. The molecule has 0 aliphatic heterocycles. The first-order valence-electron chi connectivity index (χ1n) is 8.61. The number of anilines is 2. The minimum Gasteiger partial charge on any atom is -0.459 e. The molecule has 10 heteroatoms. The predicted molar refractivity (Wildman–Crippen MR) is 116 cm³/mol. The number of carbonyl (C=O) groups is 2. The zero-order valence-electron chi connectivity index (χ0n) is 15.1. The average Bonchev–Trinajstić information content (AvgIpc) is 3.37. The molecule has 0 spiro atoms. The summed E-state index contributed by atoms with van der Waals surface area (Å²) in [5.74, 6) is -1.07. The second kappa shape index (κ2) is 8.39. The number of aromatic nitrogens is 1. The van der Waals surface area contributed by atoms with Crippen molar-refractivity contribution < 1.29 is 18.4 Å². The van der Waals surface area contributed by atoms with Crippen LogP contribution in [-0.2, 0) is 0 Å². The van der Waals surface area contributed by atoms with Crippen LogP contribution in [0.2, 0.25) is 0 Å². The molecule has 0 saturated carbocycles.